The normalized spacial score (nSPS) is 13.3. The molecule has 0 aromatic heterocycles. The van der Waals surface area contributed by atoms with E-state index in [-0.39, 0.29) is 31.2 Å². The van der Waals surface area contributed by atoms with Crippen LogP contribution in [0.15, 0.2) is 0 Å². The highest BCUT2D eigenvalue weighted by Crippen LogP contribution is 2.15. The number of carbonyl (C=O) groups excluding carboxylic acids is 3. The second kappa shape index (κ2) is 12.2. The first-order valence-electron chi connectivity index (χ1n) is 8.28. The van der Waals surface area contributed by atoms with Crippen molar-refractivity contribution < 1.29 is 23.9 Å². The van der Waals surface area contributed by atoms with Gasteiger partial charge in [-0.3, -0.25) is 14.4 Å². The van der Waals surface area contributed by atoms with Gasteiger partial charge in [-0.1, -0.05) is 33.1 Å². The zero-order chi connectivity index (χ0) is 17.0. The zero-order valence-electron chi connectivity index (χ0n) is 14.4. The molecule has 0 saturated heterocycles. The molecule has 0 aromatic carbocycles. The molecule has 0 spiro atoms. The molecule has 0 aliphatic heterocycles. The molecular weight excluding hydrogens is 284 g/mol. The Bertz CT molecular complexity index is 351. The van der Waals surface area contributed by atoms with Crippen molar-refractivity contribution in [3.63, 3.8) is 0 Å². The fraction of sp³-hybridized carbons (Fsp3) is 0.824. The Morgan fingerprint density at radius 3 is 2.18 bits per heavy atom. The molecule has 0 aromatic rings. The smallest absolute Gasteiger partial charge is 0.316 e. The Hall–Kier alpha value is -1.39. The number of carbonyl (C=O) groups is 3. The van der Waals surface area contributed by atoms with E-state index in [1.807, 2.05) is 0 Å². The Kier molecular flexibility index (Phi) is 11.4. The van der Waals surface area contributed by atoms with Crippen LogP contribution in [0.2, 0.25) is 0 Å². The van der Waals surface area contributed by atoms with Gasteiger partial charge in [0.2, 0.25) is 0 Å². The highest BCUT2D eigenvalue weighted by Gasteiger charge is 2.25. The van der Waals surface area contributed by atoms with Crippen LogP contribution in [0.5, 0.6) is 0 Å². The van der Waals surface area contributed by atoms with Crippen LogP contribution in [0.4, 0.5) is 0 Å². The van der Waals surface area contributed by atoms with Crippen molar-refractivity contribution in [3.8, 4) is 0 Å². The highest BCUT2D eigenvalue weighted by atomic mass is 16.5. The van der Waals surface area contributed by atoms with E-state index < -0.39 is 11.9 Å². The molecule has 2 unspecified atom stereocenters. The van der Waals surface area contributed by atoms with Gasteiger partial charge in [-0.2, -0.15) is 0 Å². The third-order valence-electron chi connectivity index (χ3n) is 3.72. The molecule has 2 atom stereocenters. The molecule has 0 aliphatic rings. The van der Waals surface area contributed by atoms with Crippen LogP contribution in [0, 0.1) is 11.8 Å². The molecule has 0 amide bonds. The van der Waals surface area contributed by atoms with Crippen molar-refractivity contribution in [2.24, 2.45) is 11.8 Å². The van der Waals surface area contributed by atoms with Crippen molar-refractivity contribution in [2.75, 3.05) is 13.2 Å². The summed E-state index contributed by atoms with van der Waals surface area (Å²) in [6.07, 6.45) is 4.51. The average Bonchev–Trinajstić information content (AvgIpc) is 2.47. The van der Waals surface area contributed by atoms with E-state index in [0.717, 1.165) is 25.7 Å². The number of Topliss-reactive ketones (excluding diaryl/α,β-unsaturated/α-hetero) is 1. The van der Waals surface area contributed by atoms with Crippen LogP contribution < -0.4 is 0 Å². The molecule has 0 bridgehead atoms. The minimum Gasteiger partial charge on any atom is -0.465 e. The molecule has 0 rings (SSSR count). The molecule has 0 heterocycles. The van der Waals surface area contributed by atoms with E-state index in [1.54, 1.807) is 6.92 Å². The van der Waals surface area contributed by atoms with Gasteiger partial charge >= 0.3 is 11.9 Å². The molecular formula is C17H30O5. The summed E-state index contributed by atoms with van der Waals surface area (Å²) in [5, 5.41) is 0. The third kappa shape index (κ3) is 8.80. The second-order valence-corrected chi connectivity index (χ2v) is 5.55. The van der Waals surface area contributed by atoms with Gasteiger partial charge in [0, 0.05) is 6.42 Å². The minimum atomic E-state index is -0.866. The zero-order valence-corrected chi connectivity index (χ0v) is 14.4. The minimum absolute atomic E-state index is 0.0628. The Morgan fingerprint density at radius 2 is 1.68 bits per heavy atom. The number of hydrogen-bond donors (Lipinski definition) is 0. The summed E-state index contributed by atoms with van der Waals surface area (Å²) in [7, 11) is 0. The second-order valence-electron chi connectivity index (χ2n) is 5.55. The lowest BCUT2D eigenvalue weighted by Crippen LogP contribution is -2.25. The summed E-state index contributed by atoms with van der Waals surface area (Å²) >= 11 is 0. The molecule has 0 radical (unpaired) electrons. The van der Waals surface area contributed by atoms with Crippen molar-refractivity contribution >= 4 is 17.7 Å². The first kappa shape index (κ1) is 20.6. The fourth-order valence-electron chi connectivity index (χ4n) is 2.17. The van der Waals surface area contributed by atoms with Gasteiger partial charge in [-0.25, -0.2) is 0 Å². The third-order valence-corrected chi connectivity index (χ3v) is 3.72. The highest BCUT2D eigenvalue weighted by molar-refractivity contribution is 5.98. The lowest BCUT2D eigenvalue weighted by molar-refractivity contribution is -0.152. The number of esters is 2. The maximum Gasteiger partial charge on any atom is 0.316 e. The van der Waals surface area contributed by atoms with E-state index in [1.165, 1.54) is 6.92 Å². The van der Waals surface area contributed by atoms with Gasteiger partial charge < -0.3 is 9.47 Å². The first-order chi connectivity index (χ1) is 10.5. The standard InChI is InChI=1S/C17H30O5/c1-5-8-9-14(6-2)12-22-16(19)11-10-15(13(4)18)17(20)21-7-3/h14-15H,5-12H2,1-4H3. The molecule has 128 valence electrons. The molecule has 22 heavy (non-hydrogen) atoms. The first-order valence-corrected chi connectivity index (χ1v) is 8.28. The predicted molar refractivity (Wildman–Crippen MR) is 84.3 cm³/mol. The van der Waals surface area contributed by atoms with Crippen LogP contribution in [0.1, 0.15) is 66.2 Å². The van der Waals surface area contributed by atoms with E-state index in [2.05, 4.69) is 13.8 Å². The van der Waals surface area contributed by atoms with Crippen LogP contribution in [-0.2, 0) is 23.9 Å². The fourth-order valence-corrected chi connectivity index (χ4v) is 2.17. The Balaban J connectivity index is 4.18. The predicted octanol–water partition coefficient (Wildman–Crippen LogP) is 3.29. The summed E-state index contributed by atoms with van der Waals surface area (Å²) in [5.41, 5.74) is 0. The summed E-state index contributed by atoms with van der Waals surface area (Å²) in [4.78, 5) is 34.8. The molecule has 0 aliphatic carbocycles. The van der Waals surface area contributed by atoms with Gasteiger partial charge in [0.1, 0.15) is 11.7 Å². The molecule has 0 saturated carbocycles. The summed E-state index contributed by atoms with van der Waals surface area (Å²) in [6.45, 7) is 7.88. The van der Waals surface area contributed by atoms with Crippen molar-refractivity contribution in [1.29, 1.82) is 0 Å². The molecule has 5 heteroatoms. The lowest BCUT2D eigenvalue weighted by Gasteiger charge is -2.15. The van der Waals surface area contributed by atoms with Crippen LogP contribution >= 0.6 is 0 Å². The summed E-state index contributed by atoms with van der Waals surface area (Å²) in [5.74, 6) is -1.67. The van der Waals surface area contributed by atoms with Crippen molar-refractivity contribution in [2.45, 2.75) is 66.2 Å². The SMILES string of the molecule is CCCCC(CC)COC(=O)CCC(C(C)=O)C(=O)OCC. The van der Waals surface area contributed by atoms with Crippen LogP contribution in [0.3, 0.4) is 0 Å². The Morgan fingerprint density at radius 1 is 1.00 bits per heavy atom. The maximum atomic E-state index is 11.8. The molecule has 5 nitrogen and oxygen atoms in total. The van der Waals surface area contributed by atoms with Crippen LogP contribution in [-0.4, -0.2) is 30.9 Å². The summed E-state index contributed by atoms with van der Waals surface area (Å²) < 4.78 is 10.1. The largest absolute Gasteiger partial charge is 0.465 e. The topological polar surface area (TPSA) is 69.7 Å². The number of ether oxygens (including phenoxy) is 2. The number of hydrogen-bond acceptors (Lipinski definition) is 5. The molecule has 0 fully saturated rings. The summed E-state index contributed by atoms with van der Waals surface area (Å²) in [6, 6.07) is 0. The van der Waals surface area contributed by atoms with E-state index in [4.69, 9.17) is 9.47 Å². The van der Waals surface area contributed by atoms with Gasteiger partial charge in [-0.15, -0.1) is 0 Å². The quantitative estimate of drug-likeness (QED) is 0.408. The van der Waals surface area contributed by atoms with Gasteiger partial charge in [0.25, 0.3) is 0 Å². The van der Waals surface area contributed by atoms with Gasteiger partial charge in [0.05, 0.1) is 13.2 Å². The monoisotopic (exact) mass is 314 g/mol. The average molecular weight is 314 g/mol. The van der Waals surface area contributed by atoms with E-state index in [9.17, 15) is 14.4 Å². The van der Waals surface area contributed by atoms with E-state index in [0.29, 0.717) is 12.5 Å². The van der Waals surface area contributed by atoms with Gasteiger partial charge in [0.15, 0.2) is 0 Å². The van der Waals surface area contributed by atoms with E-state index >= 15 is 0 Å². The maximum absolute atomic E-state index is 11.8. The van der Waals surface area contributed by atoms with Gasteiger partial charge in [-0.05, 0) is 32.6 Å². The Labute approximate surface area is 133 Å². The van der Waals surface area contributed by atoms with Crippen LogP contribution in [0.25, 0.3) is 0 Å². The molecule has 0 N–H and O–H groups in total. The van der Waals surface area contributed by atoms with Crippen molar-refractivity contribution in [3.05, 3.63) is 0 Å². The number of rotatable bonds is 12. The van der Waals surface area contributed by atoms with Crippen molar-refractivity contribution in [1.82, 2.24) is 0 Å². The lowest BCUT2D eigenvalue weighted by atomic mass is 9.99. The number of ketones is 1. The number of unbranched alkanes of at least 4 members (excludes halogenated alkanes) is 1.